The van der Waals surface area contributed by atoms with Crippen molar-refractivity contribution in [3.05, 3.63) is 27.2 Å². The minimum atomic E-state index is 0.350. The minimum absolute atomic E-state index is 0.350. The van der Waals surface area contributed by atoms with E-state index in [0.717, 1.165) is 18.4 Å². The summed E-state index contributed by atoms with van der Waals surface area (Å²) in [7, 11) is 3.33. The number of nitrogens with one attached hydrogen (secondary N) is 1. The standard InChI is InChI=1S/C11H13Cl2NO2/c1-14-4-3-8-7(6-15)5-9(12)11(16-2)10(8)13/h5-6,14H,3-4H2,1-2H3. The zero-order valence-corrected chi connectivity index (χ0v) is 10.7. The van der Waals surface area contributed by atoms with E-state index in [2.05, 4.69) is 5.32 Å². The van der Waals surface area contributed by atoms with Crippen molar-refractivity contribution in [3.63, 3.8) is 0 Å². The van der Waals surface area contributed by atoms with Gasteiger partial charge in [0.25, 0.3) is 0 Å². The Morgan fingerprint density at radius 2 is 2.19 bits per heavy atom. The highest BCUT2D eigenvalue weighted by molar-refractivity contribution is 6.38. The summed E-state index contributed by atoms with van der Waals surface area (Å²) in [5, 5.41) is 3.76. The van der Waals surface area contributed by atoms with Gasteiger partial charge in [-0.1, -0.05) is 23.2 Å². The van der Waals surface area contributed by atoms with Gasteiger partial charge in [-0.15, -0.1) is 0 Å². The first kappa shape index (κ1) is 13.3. The summed E-state index contributed by atoms with van der Waals surface area (Å²) in [5.74, 6) is 0.417. The fourth-order valence-electron chi connectivity index (χ4n) is 1.45. The summed E-state index contributed by atoms with van der Waals surface area (Å²) in [6.45, 7) is 0.728. The maximum Gasteiger partial charge on any atom is 0.156 e. The first-order chi connectivity index (χ1) is 7.65. The number of hydrogen-bond acceptors (Lipinski definition) is 3. The Balaban J connectivity index is 3.25. The normalized spacial score (nSPS) is 10.2. The fraction of sp³-hybridized carbons (Fsp3) is 0.364. The highest BCUT2D eigenvalue weighted by Gasteiger charge is 2.15. The maximum absolute atomic E-state index is 10.9. The van der Waals surface area contributed by atoms with Gasteiger partial charge in [0.1, 0.15) is 6.29 Å². The van der Waals surface area contributed by atoms with Crippen molar-refractivity contribution in [2.24, 2.45) is 0 Å². The molecule has 0 spiro atoms. The van der Waals surface area contributed by atoms with Crippen molar-refractivity contribution in [2.45, 2.75) is 6.42 Å². The largest absolute Gasteiger partial charge is 0.494 e. The summed E-state index contributed by atoms with van der Waals surface area (Å²) in [4.78, 5) is 10.9. The molecule has 0 radical (unpaired) electrons. The smallest absolute Gasteiger partial charge is 0.156 e. The average Bonchev–Trinajstić information content (AvgIpc) is 2.28. The van der Waals surface area contributed by atoms with E-state index in [9.17, 15) is 4.79 Å². The van der Waals surface area contributed by atoms with Crippen molar-refractivity contribution in [2.75, 3.05) is 20.7 Å². The van der Waals surface area contributed by atoms with Gasteiger partial charge < -0.3 is 10.1 Å². The number of carbonyl (C=O) groups excluding carboxylic acids is 1. The molecule has 0 aromatic heterocycles. The number of ether oxygens (including phenoxy) is 1. The Kier molecular flexibility index (Phi) is 5.06. The molecule has 88 valence electrons. The first-order valence-corrected chi connectivity index (χ1v) is 5.56. The van der Waals surface area contributed by atoms with Crippen LogP contribution in [0, 0.1) is 0 Å². The van der Waals surface area contributed by atoms with Crippen LogP contribution in [0.25, 0.3) is 0 Å². The summed E-state index contributed by atoms with van der Waals surface area (Å²) < 4.78 is 5.10. The van der Waals surface area contributed by atoms with Crippen LogP contribution >= 0.6 is 23.2 Å². The van der Waals surface area contributed by atoms with Crippen LogP contribution in [0.2, 0.25) is 10.0 Å². The summed E-state index contributed by atoms with van der Waals surface area (Å²) in [5.41, 5.74) is 1.26. The van der Waals surface area contributed by atoms with Crippen LogP contribution in [0.1, 0.15) is 15.9 Å². The molecule has 1 rings (SSSR count). The van der Waals surface area contributed by atoms with E-state index in [4.69, 9.17) is 27.9 Å². The molecule has 0 bridgehead atoms. The fourth-order valence-corrected chi connectivity index (χ4v) is 2.17. The minimum Gasteiger partial charge on any atom is -0.494 e. The summed E-state index contributed by atoms with van der Waals surface area (Å²) in [6.07, 6.45) is 1.40. The Labute approximate surface area is 105 Å². The van der Waals surface area contributed by atoms with E-state index in [1.54, 1.807) is 6.07 Å². The molecule has 1 aromatic carbocycles. The van der Waals surface area contributed by atoms with Crippen LogP contribution in [0.5, 0.6) is 5.75 Å². The van der Waals surface area contributed by atoms with E-state index in [-0.39, 0.29) is 0 Å². The SMILES string of the molecule is CNCCc1c(C=O)cc(Cl)c(OC)c1Cl. The predicted molar refractivity (Wildman–Crippen MR) is 66.0 cm³/mol. The molecule has 0 saturated carbocycles. The highest BCUT2D eigenvalue weighted by Crippen LogP contribution is 2.37. The predicted octanol–water partition coefficient (Wildman–Crippen LogP) is 2.58. The van der Waals surface area contributed by atoms with Gasteiger partial charge in [-0.3, -0.25) is 4.79 Å². The van der Waals surface area contributed by atoms with Crippen LogP contribution < -0.4 is 10.1 Å². The van der Waals surface area contributed by atoms with Crippen molar-refractivity contribution >= 4 is 29.5 Å². The zero-order chi connectivity index (χ0) is 12.1. The molecule has 16 heavy (non-hydrogen) atoms. The molecule has 0 heterocycles. The maximum atomic E-state index is 10.9. The van der Waals surface area contributed by atoms with Crippen molar-refractivity contribution in [1.29, 1.82) is 0 Å². The third kappa shape index (κ3) is 2.67. The van der Waals surface area contributed by atoms with Gasteiger partial charge in [0.15, 0.2) is 5.75 Å². The molecule has 0 unspecified atom stereocenters. The monoisotopic (exact) mass is 261 g/mol. The second-order valence-electron chi connectivity index (χ2n) is 3.24. The number of halogens is 2. The van der Waals surface area contributed by atoms with Crippen LogP contribution in [-0.2, 0) is 6.42 Å². The Morgan fingerprint density at radius 1 is 1.50 bits per heavy atom. The molecule has 0 aliphatic carbocycles. The van der Waals surface area contributed by atoms with Crippen LogP contribution in [0.15, 0.2) is 6.07 Å². The lowest BCUT2D eigenvalue weighted by Crippen LogP contribution is -2.12. The summed E-state index contributed by atoms with van der Waals surface area (Å²) >= 11 is 12.1. The van der Waals surface area contributed by atoms with Crippen LogP contribution in [-0.4, -0.2) is 27.0 Å². The number of carbonyl (C=O) groups is 1. The molecule has 0 amide bonds. The van der Waals surface area contributed by atoms with E-state index >= 15 is 0 Å². The Morgan fingerprint density at radius 3 is 2.69 bits per heavy atom. The number of aldehydes is 1. The molecular formula is C11H13Cl2NO2. The third-order valence-corrected chi connectivity index (χ3v) is 2.95. The quantitative estimate of drug-likeness (QED) is 0.829. The summed E-state index contributed by atoms with van der Waals surface area (Å²) in [6, 6.07) is 1.57. The van der Waals surface area contributed by atoms with Crippen LogP contribution in [0.3, 0.4) is 0 Å². The van der Waals surface area contributed by atoms with Gasteiger partial charge in [0, 0.05) is 5.56 Å². The van der Waals surface area contributed by atoms with E-state index in [1.807, 2.05) is 7.05 Å². The average molecular weight is 262 g/mol. The Bertz CT molecular complexity index is 394. The molecule has 0 fully saturated rings. The van der Waals surface area contributed by atoms with E-state index in [0.29, 0.717) is 27.8 Å². The number of benzene rings is 1. The van der Waals surface area contributed by atoms with E-state index < -0.39 is 0 Å². The van der Waals surface area contributed by atoms with Gasteiger partial charge in [-0.25, -0.2) is 0 Å². The molecular weight excluding hydrogens is 249 g/mol. The molecule has 0 saturated heterocycles. The molecule has 0 aliphatic heterocycles. The number of rotatable bonds is 5. The van der Waals surface area contributed by atoms with Gasteiger partial charge in [-0.2, -0.15) is 0 Å². The Hall–Kier alpha value is -0.770. The van der Waals surface area contributed by atoms with Gasteiger partial charge in [0.05, 0.1) is 17.2 Å². The molecule has 5 heteroatoms. The highest BCUT2D eigenvalue weighted by atomic mass is 35.5. The van der Waals surface area contributed by atoms with Crippen LogP contribution in [0.4, 0.5) is 0 Å². The molecule has 3 nitrogen and oxygen atoms in total. The lowest BCUT2D eigenvalue weighted by molar-refractivity contribution is 0.112. The number of hydrogen-bond donors (Lipinski definition) is 1. The van der Waals surface area contributed by atoms with Gasteiger partial charge in [0.2, 0.25) is 0 Å². The third-order valence-electron chi connectivity index (χ3n) is 2.27. The second kappa shape index (κ2) is 6.09. The van der Waals surface area contributed by atoms with Gasteiger partial charge in [-0.05, 0) is 31.6 Å². The van der Waals surface area contributed by atoms with Crippen molar-refractivity contribution in [1.82, 2.24) is 5.32 Å². The van der Waals surface area contributed by atoms with Crippen molar-refractivity contribution in [3.8, 4) is 5.75 Å². The lowest BCUT2D eigenvalue weighted by Gasteiger charge is -2.12. The van der Waals surface area contributed by atoms with Gasteiger partial charge >= 0.3 is 0 Å². The second-order valence-corrected chi connectivity index (χ2v) is 4.03. The topological polar surface area (TPSA) is 38.3 Å². The molecule has 1 N–H and O–H groups in total. The molecule has 0 aliphatic rings. The lowest BCUT2D eigenvalue weighted by atomic mass is 10.0. The zero-order valence-electron chi connectivity index (χ0n) is 9.14. The van der Waals surface area contributed by atoms with E-state index in [1.165, 1.54) is 7.11 Å². The number of likely N-dealkylation sites (N-methyl/N-ethyl adjacent to an activating group) is 1. The molecule has 1 aromatic rings. The molecule has 0 atom stereocenters. The van der Waals surface area contributed by atoms with Crippen molar-refractivity contribution < 1.29 is 9.53 Å². The first-order valence-electron chi connectivity index (χ1n) is 4.80. The number of methoxy groups -OCH3 is 1.